The van der Waals surface area contributed by atoms with E-state index in [1.165, 1.54) is 15.4 Å². The van der Waals surface area contributed by atoms with E-state index in [1.807, 2.05) is 30.3 Å². The lowest BCUT2D eigenvalue weighted by molar-refractivity contribution is 0.0931. The first-order chi connectivity index (χ1) is 12.1. The van der Waals surface area contributed by atoms with Gasteiger partial charge in [0.1, 0.15) is 5.69 Å². The Morgan fingerprint density at radius 2 is 2.24 bits per heavy atom. The molecule has 1 unspecified atom stereocenters. The average Bonchev–Trinajstić information content (AvgIpc) is 3.18. The van der Waals surface area contributed by atoms with E-state index in [2.05, 4.69) is 15.7 Å². The molecular formula is C17H16N4O3S. The molecule has 3 heterocycles. The van der Waals surface area contributed by atoms with Crippen molar-refractivity contribution in [2.24, 2.45) is 0 Å². The number of amides is 2. The number of aliphatic hydroxyl groups excluding tert-OH is 1. The standard InChI is InChI=1S/C17H16N4O3S/c22-11-7-18-17(24)14-6-13(20-21(14)9-11)16(23)19-8-12-5-10-3-1-2-4-15(10)25-12/h1-6,11,22H,7-9H2,(H,18,24)(H,19,23). The maximum atomic E-state index is 12.3. The highest BCUT2D eigenvalue weighted by Crippen LogP contribution is 2.25. The van der Waals surface area contributed by atoms with E-state index in [4.69, 9.17) is 0 Å². The van der Waals surface area contributed by atoms with Crippen molar-refractivity contribution >= 4 is 33.2 Å². The summed E-state index contributed by atoms with van der Waals surface area (Å²) in [7, 11) is 0. The first-order valence-electron chi connectivity index (χ1n) is 7.90. The van der Waals surface area contributed by atoms with Crippen LogP contribution in [0.15, 0.2) is 36.4 Å². The quantitative estimate of drug-likeness (QED) is 0.655. The van der Waals surface area contributed by atoms with Gasteiger partial charge in [0.05, 0.1) is 19.2 Å². The van der Waals surface area contributed by atoms with Crippen LogP contribution in [-0.2, 0) is 13.1 Å². The van der Waals surface area contributed by atoms with E-state index < -0.39 is 6.10 Å². The van der Waals surface area contributed by atoms with Crippen LogP contribution in [0.5, 0.6) is 0 Å². The zero-order valence-electron chi connectivity index (χ0n) is 13.2. The highest BCUT2D eigenvalue weighted by atomic mass is 32.1. The molecule has 4 rings (SSSR count). The highest BCUT2D eigenvalue weighted by molar-refractivity contribution is 7.19. The fourth-order valence-electron chi connectivity index (χ4n) is 2.80. The van der Waals surface area contributed by atoms with Gasteiger partial charge < -0.3 is 15.7 Å². The number of nitrogens with one attached hydrogen (secondary N) is 2. The minimum absolute atomic E-state index is 0.167. The number of carbonyl (C=O) groups is 2. The number of β-amino-alcohol motifs (C(OH)–C–C–N with tert-alkyl or cyclic N) is 1. The van der Waals surface area contributed by atoms with Gasteiger partial charge in [-0.15, -0.1) is 11.3 Å². The zero-order chi connectivity index (χ0) is 17.4. The third-order valence-electron chi connectivity index (χ3n) is 4.03. The number of hydrogen-bond acceptors (Lipinski definition) is 5. The fraction of sp³-hybridized carbons (Fsp3) is 0.235. The number of benzene rings is 1. The van der Waals surface area contributed by atoms with Crippen LogP contribution >= 0.6 is 11.3 Å². The molecule has 0 aliphatic carbocycles. The number of aromatic nitrogens is 2. The number of fused-ring (bicyclic) bond motifs is 2. The maximum absolute atomic E-state index is 12.3. The predicted molar refractivity (Wildman–Crippen MR) is 93.6 cm³/mol. The summed E-state index contributed by atoms with van der Waals surface area (Å²) in [6.45, 7) is 0.753. The molecular weight excluding hydrogens is 340 g/mol. The first kappa shape index (κ1) is 15.8. The van der Waals surface area contributed by atoms with Crippen molar-refractivity contribution in [3.05, 3.63) is 52.7 Å². The van der Waals surface area contributed by atoms with Crippen molar-refractivity contribution < 1.29 is 14.7 Å². The summed E-state index contributed by atoms with van der Waals surface area (Å²) in [4.78, 5) is 25.3. The molecule has 1 atom stereocenters. The fourth-order valence-corrected chi connectivity index (χ4v) is 3.80. The van der Waals surface area contributed by atoms with Gasteiger partial charge in [0, 0.05) is 22.2 Å². The van der Waals surface area contributed by atoms with Crippen molar-refractivity contribution in [2.75, 3.05) is 6.54 Å². The molecule has 0 saturated heterocycles. The highest BCUT2D eigenvalue weighted by Gasteiger charge is 2.24. The van der Waals surface area contributed by atoms with E-state index in [9.17, 15) is 14.7 Å². The second kappa shape index (κ2) is 6.30. The molecule has 3 aromatic rings. The van der Waals surface area contributed by atoms with Crippen LogP contribution in [0.4, 0.5) is 0 Å². The smallest absolute Gasteiger partial charge is 0.272 e. The second-order valence-electron chi connectivity index (χ2n) is 5.89. The predicted octanol–water partition coefficient (Wildman–Crippen LogP) is 1.13. The SMILES string of the molecule is O=C(NCc1cc2ccccc2s1)c1cc2n(n1)CC(O)CNC2=O. The molecule has 0 spiro atoms. The molecule has 7 nitrogen and oxygen atoms in total. The molecule has 8 heteroatoms. The topological polar surface area (TPSA) is 96.2 Å². The second-order valence-corrected chi connectivity index (χ2v) is 7.06. The average molecular weight is 356 g/mol. The van der Waals surface area contributed by atoms with Gasteiger partial charge in [-0.2, -0.15) is 5.10 Å². The monoisotopic (exact) mass is 356 g/mol. The molecule has 0 bridgehead atoms. The number of aliphatic hydroxyl groups is 1. The Hall–Kier alpha value is -2.71. The molecule has 0 fully saturated rings. The lowest BCUT2D eigenvalue weighted by Crippen LogP contribution is -2.30. The normalized spacial score (nSPS) is 17.0. The first-order valence-corrected chi connectivity index (χ1v) is 8.71. The molecule has 25 heavy (non-hydrogen) atoms. The summed E-state index contributed by atoms with van der Waals surface area (Å²) in [6, 6.07) is 11.5. The minimum Gasteiger partial charge on any atom is -0.389 e. The number of carbonyl (C=O) groups excluding carboxylic acids is 2. The van der Waals surface area contributed by atoms with Crippen LogP contribution in [-0.4, -0.2) is 39.4 Å². The Morgan fingerprint density at radius 3 is 3.08 bits per heavy atom. The summed E-state index contributed by atoms with van der Waals surface area (Å²) >= 11 is 1.63. The number of nitrogens with zero attached hydrogens (tertiary/aromatic N) is 2. The molecule has 2 amide bonds. The molecule has 2 aromatic heterocycles. The molecule has 1 aromatic carbocycles. The number of hydrogen-bond donors (Lipinski definition) is 3. The van der Waals surface area contributed by atoms with Crippen molar-refractivity contribution in [1.29, 1.82) is 0 Å². The number of rotatable bonds is 3. The molecule has 0 radical (unpaired) electrons. The van der Waals surface area contributed by atoms with Crippen LogP contribution in [0.2, 0.25) is 0 Å². The number of thiophene rings is 1. The maximum Gasteiger partial charge on any atom is 0.272 e. The molecule has 1 aliphatic rings. The van der Waals surface area contributed by atoms with E-state index in [1.54, 1.807) is 11.3 Å². The van der Waals surface area contributed by atoms with Crippen molar-refractivity contribution in [2.45, 2.75) is 19.2 Å². The summed E-state index contributed by atoms with van der Waals surface area (Å²) in [5, 5.41) is 20.5. The zero-order valence-corrected chi connectivity index (χ0v) is 14.0. The van der Waals surface area contributed by atoms with Gasteiger partial charge in [0.15, 0.2) is 5.69 Å². The molecule has 3 N–H and O–H groups in total. The molecule has 0 saturated carbocycles. The van der Waals surface area contributed by atoms with Crippen LogP contribution in [0.25, 0.3) is 10.1 Å². The summed E-state index contributed by atoms with van der Waals surface area (Å²) < 4.78 is 2.55. The Kier molecular flexibility index (Phi) is 3.98. The van der Waals surface area contributed by atoms with Crippen molar-refractivity contribution in [1.82, 2.24) is 20.4 Å². The third-order valence-corrected chi connectivity index (χ3v) is 5.14. The lowest BCUT2D eigenvalue weighted by atomic mass is 10.2. The van der Waals surface area contributed by atoms with Crippen LogP contribution < -0.4 is 10.6 Å². The van der Waals surface area contributed by atoms with Gasteiger partial charge in [-0.3, -0.25) is 14.3 Å². The van der Waals surface area contributed by atoms with Crippen LogP contribution in [0, 0.1) is 0 Å². The van der Waals surface area contributed by atoms with Gasteiger partial charge in [0.25, 0.3) is 11.8 Å². The Labute approximate surface area is 147 Å². The minimum atomic E-state index is -0.723. The van der Waals surface area contributed by atoms with Crippen LogP contribution in [0.1, 0.15) is 25.9 Å². The van der Waals surface area contributed by atoms with E-state index in [0.717, 1.165) is 10.3 Å². The molecule has 1 aliphatic heterocycles. The Bertz CT molecular complexity index is 929. The van der Waals surface area contributed by atoms with E-state index >= 15 is 0 Å². The summed E-state index contributed by atoms with van der Waals surface area (Å²) in [5.41, 5.74) is 0.448. The van der Waals surface area contributed by atoms with Gasteiger partial charge in [-0.1, -0.05) is 18.2 Å². The van der Waals surface area contributed by atoms with Gasteiger partial charge in [-0.25, -0.2) is 0 Å². The van der Waals surface area contributed by atoms with E-state index in [-0.39, 0.29) is 36.3 Å². The van der Waals surface area contributed by atoms with Gasteiger partial charge in [-0.05, 0) is 17.5 Å². The largest absolute Gasteiger partial charge is 0.389 e. The lowest BCUT2D eigenvalue weighted by Gasteiger charge is -2.06. The third kappa shape index (κ3) is 3.13. The molecule has 128 valence electrons. The van der Waals surface area contributed by atoms with Gasteiger partial charge >= 0.3 is 0 Å². The van der Waals surface area contributed by atoms with Gasteiger partial charge in [0.2, 0.25) is 0 Å². The Balaban J connectivity index is 1.49. The van der Waals surface area contributed by atoms with Crippen molar-refractivity contribution in [3.63, 3.8) is 0 Å². The van der Waals surface area contributed by atoms with Crippen molar-refractivity contribution in [3.8, 4) is 0 Å². The van der Waals surface area contributed by atoms with E-state index in [0.29, 0.717) is 6.54 Å². The summed E-state index contributed by atoms with van der Waals surface area (Å²) in [6.07, 6.45) is -0.723. The van der Waals surface area contributed by atoms with Crippen LogP contribution in [0.3, 0.4) is 0 Å². The Morgan fingerprint density at radius 1 is 1.40 bits per heavy atom. The summed E-state index contributed by atoms with van der Waals surface area (Å²) in [5.74, 6) is -0.687.